The van der Waals surface area contributed by atoms with Crippen molar-refractivity contribution in [2.45, 2.75) is 23.3 Å². The highest BCUT2D eigenvalue weighted by atomic mass is 32.2. The standard InChI is InChI=1S/C15H21NO2S2/c1-18-15(8-10-19-12-15)11-16-14(17)7-9-20-13-5-3-2-4-6-13/h2-6H,7-12H2,1H3,(H,16,17)/t15-/m1/s1. The van der Waals surface area contributed by atoms with Crippen molar-refractivity contribution in [3.63, 3.8) is 0 Å². The van der Waals surface area contributed by atoms with Crippen LogP contribution < -0.4 is 5.32 Å². The molecule has 1 N–H and O–H groups in total. The Balaban J connectivity index is 1.65. The van der Waals surface area contributed by atoms with E-state index in [2.05, 4.69) is 17.4 Å². The first-order chi connectivity index (χ1) is 9.74. The third kappa shape index (κ3) is 4.72. The fourth-order valence-electron chi connectivity index (χ4n) is 2.09. The molecule has 0 unspecified atom stereocenters. The Morgan fingerprint density at radius 2 is 2.25 bits per heavy atom. The van der Waals surface area contributed by atoms with E-state index in [0.29, 0.717) is 13.0 Å². The van der Waals surface area contributed by atoms with Crippen LogP contribution in [0.3, 0.4) is 0 Å². The number of carbonyl (C=O) groups excluding carboxylic acids is 1. The second-order valence-electron chi connectivity index (χ2n) is 4.88. The first kappa shape index (κ1) is 15.7. The van der Waals surface area contributed by atoms with Crippen LogP contribution in [0.15, 0.2) is 35.2 Å². The quantitative estimate of drug-likeness (QED) is 0.786. The van der Waals surface area contributed by atoms with E-state index in [9.17, 15) is 4.79 Å². The Bertz CT molecular complexity index is 419. The number of thioether (sulfide) groups is 2. The van der Waals surface area contributed by atoms with Gasteiger partial charge in [-0.2, -0.15) is 11.8 Å². The van der Waals surface area contributed by atoms with Crippen LogP contribution in [0.5, 0.6) is 0 Å². The van der Waals surface area contributed by atoms with Gasteiger partial charge in [0, 0.05) is 36.5 Å². The second-order valence-corrected chi connectivity index (χ2v) is 7.15. The Morgan fingerprint density at radius 1 is 1.45 bits per heavy atom. The van der Waals surface area contributed by atoms with Crippen molar-refractivity contribution in [3.8, 4) is 0 Å². The summed E-state index contributed by atoms with van der Waals surface area (Å²) >= 11 is 3.61. The van der Waals surface area contributed by atoms with Crippen molar-refractivity contribution >= 4 is 29.4 Å². The Morgan fingerprint density at radius 3 is 2.90 bits per heavy atom. The number of ether oxygens (including phenoxy) is 1. The molecule has 1 aromatic carbocycles. The predicted molar refractivity (Wildman–Crippen MR) is 86.5 cm³/mol. The number of amides is 1. The Labute approximate surface area is 129 Å². The summed E-state index contributed by atoms with van der Waals surface area (Å²) in [6, 6.07) is 10.2. The summed E-state index contributed by atoms with van der Waals surface area (Å²) in [5.74, 6) is 3.02. The van der Waals surface area contributed by atoms with Crippen molar-refractivity contribution in [3.05, 3.63) is 30.3 Å². The molecule has 1 amide bonds. The zero-order chi connectivity index (χ0) is 14.3. The van der Waals surface area contributed by atoms with Crippen LogP contribution >= 0.6 is 23.5 Å². The van der Waals surface area contributed by atoms with Gasteiger partial charge in [0.25, 0.3) is 0 Å². The molecule has 1 aliphatic heterocycles. The number of carbonyl (C=O) groups is 1. The van der Waals surface area contributed by atoms with Crippen molar-refractivity contribution in [1.82, 2.24) is 5.32 Å². The number of hydrogen-bond acceptors (Lipinski definition) is 4. The molecule has 3 nitrogen and oxygen atoms in total. The summed E-state index contributed by atoms with van der Waals surface area (Å²) in [5.41, 5.74) is -0.146. The predicted octanol–water partition coefficient (Wildman–Crippen LogP) is 2.81. The molecule has 110 valence electrons. The first-order valence-electron chi connectivity index (χ1n) is 6.82. The van der Waals surface area contributed by atoms with Crippen molar-refractivity contribution in [1.29, 1.82) is 0 Å². The van der Waals surface area contributed by atoms with E-state index in [1.165, 1.54) is 4.90 Å². The highest BCUT2D eigenvalue weighted by Gasteiger charge is 2.34. The van der Waals surface area contributed by atoms with Crippen molar-refractivity contribution in [2.75, 3.05) is 30.9 Å². The monoisotopic (exact) mass is 311 g/mol. The largest absolute Gasteiger partial charge is 0.376 e. The van der Waals surface area contributed by atoms with E-state index in [-0.39, 0.29) is 11.5 Å². The lowest BCUT2D eigenvalue weighted by Crippen LogP contribution is -2.44. The minimum Gasteiger partial charge on any atom is -0.376 e. The minimum absolute atomic E-state index is 0.113. The molecular formula is C15H21NO2S2. The molecule has 0 saturated carbocycles. The lowest BCUT2D eigenvalue weighted by Gasteiger charge is -2.26. The number of hydrogen-bond donors (Lipinski definition) is 1. The van der Waals surface area contributed by atoms with E-state index in [0.717, 1.165) is 23.7 Å². The molecule has 1 atom stereocenters. The normalized spacial score (nSPS) is 21.9. The molecule has 1 saturated heterocycles. The summed E-state index contributed by atoms with van der Waals surface area (Å²) in [6.45, 7) is 0.630. The van der Waals surface area contributed by atoms with Gasteiger partial charge in [0.05, 0.1) is 5.60 Å². The Hall–Kier alpha value is -0.650. The van der Waals surface area contributed by atoms with Crippen LogP contribution in [-0.4, -0.2) is 42.4 Å². The summed E-state index contributed by atoms with van der Waals surface area (Å²) in [6.07, 6.45) is 1.57. The maximum Gasteiger partial charge on any atom is 0.220 e. The maximum atomic E-state index is 11.9. The molecule has 0 aromatic heterocycles. The third-order valence-corrected chi connectivity index (χ3v) is 5.69. The lowest BCUT2D eigenvalue weighted by molar-refractivity contribution is -0.122. The molecule has 0 radical (unpaired) electrons. The zero-order valence-electron chi connectivity index (χ0n) is 11.8. The van der Waals surface area contributed by atoms with Gasteiger partial charge in [0.2, 0.25) is 5.91 Å². The molecule has 1 aromatic rings. The third-order valence-electron chi connectivity index (χ3n) is 3.45. The van der Waals surface area contributed by atoms with Gasteiger partial charge in [0.15, 0.2) is 0 Å². The minimum atomic E-state index is -0.146. The van der Waals surface area contributed by atoms with Gasteiger partial charge < -0.3 is 10.1 Å². The number of methoxy groups -OCH3 is 1. The fourth-order valence-corrected chi connectivity index (χ4v) is 4.36. The molecule has 0 bridgehead atoms. The smallest absolute Gasteiger partial charge is 0.220 e. The number of nitrogens with one attached hydrogen (secondary N) is 1. The van der Waals surface area contributed by atoms with Gasteiger partial charge in [-0.15, -0.1) is 11.8 Å². The van der Waals surface area contributed by atoms with Crippen molar-refractivity contribution < 1.29 is 9.53 Å². The van der Waals surface area contributed by atoms with Gasteiger partial charge in [-0.3, -0.25) is 4.79 Å². The van der Waals surface area contributed by atoms with Crippen LogP contribution in [0.1, 0.15) is 12.8 Å². The fraction of sp³-hybridized carbons (Fsp3) is 0.533. The van der Waals surface area contributed by atoms with E-state index >= 15 is 0 Å². The number of benzene rings is 1. The first-order valence-corrected chi connectivity index (χ1v) is 8.96. The summed E-state index contributed by atoms with van der Waals surface area (Å²) < 4.78 is 5.58. The van der Waals surface area contributed by atoms with Crippen LogP contribution in [-0.2, 0) is 9.53 Å². The summed E-state index contributed by atoms with van der Waals surface area (Å²) in [5, 5.41) is 3.01. The Kier molecular flexibility index (Phi) is 6.26. The molecular weight excluding hydrogens is 290 g/mol. The average molecular weight is 311 g/mol. The van der Waals surface area contributed by atoms with E-state index in [4.69, 9.17) is 4.74 Å². The summed E-state index contributed by atoms with van der Waals surface area (Å²) in [4.78, 5) is 13.1. The molecule has 1 fully saturated rings. The van der Waals surface area contributed by atoms with Gasteiger partial charge in [0.1, 0.15) is 0 Å². The lowest BCUT2D eigenvalue weighted by atomic mass is 10.0. The second kappa shape index (κ2) is 7.96. The molecule has 0 spiro atoms. The topological polar surface area (TPSA) is 38.3 Å². The van der Waals surface area contributed by atoms with Gasteiger partial charge in [-0.05, 0) is 24.3 Å². The average Bonchev–Trinajstić information content (AvgIpc) is 2.96. The molecule has 20 heavy (non-hydrogen) atoms. The number of rotatable bonds is 7. The van der Waals surface area contributed by atoms with Crippen LogP contribution in [0.25, 0.3) is 0 Å². The van der Waals surface area contributed by atoms with Crippen molar-refractivity contribution in [2.24, 2.45) is 0 Å². The van der Waals surface area contributed by atoms with E-state index in [1.807, 2.05) is 30.0 Å². The van der Waals surface area contributed by atoms with Crippen LogP contribution in [0, 0.1) is 0 Å². The van der Waals surface area contributed by atoms with Gasteiger partial charge >= 0.3 is 0 Å². The van der Waals surface area contributed by atoms with Crippen LogP contribution in [0.4, 0.5) is 0 Å². The van der Waals surface area contributed by atoms with Gasteiger partial charge in [-0.1, -0.05) is 18.2 Å². The molecule has 0 aliphatic carbocycles. The molecule has 2 rings (SSSR count). The maximum absolute atomic E-state index is 11.9. The van der Waals surface area contributed by atoms with E-state index < -0.39 is 0 Å². The molecule has 1 heterocycles. The van der Waals surface area contributed by atoms with Crippen LogP contribution in [0.2, 0.25) is 0 Å². The SMILES string of the molecule is CO[C@@]1(CNC(=O)CCSc2ccccc2)CCSC1. The molecule has 1 aliphatic rings. The van der Waals surface area contributed by atoms with Gasteiger partial charge in [-0.25, -0.2) is 0 Å². The highest BCUT2D eigenvalue weighted by Crippen LogP contribution is 2.30. The summed E-state index contributed by atoms with van der Waals surface area (Å²) in [7, 11) is 1.74. The molecule has 5 heteroatoms. The van der Waals surface area contributed by atoms with E-state index in [1.54, 1.807) is 18.9 Å². The zero-order valence-corrected chi connectivity index (χ0v) is 13.4. The highest BCUT2D eigenvalue weighted by molar-refractivity contribution is 7.99.